The number of benzene rings is 2. The summed E-state index contributed by atoms with van der Waals surface area (Å²) in [5.41, 5.74) is 8.27. The van der Waals surface area contributed by atoms with Crippen LogP contribution >= 0.6 is 0 Å². The predicted octanol–water partition coefficient (Wildman–Crippen LogP) is 5.01. The van der Waals surface area contributed by atoms with Gasteiger partial charge < -0.3 is 5.32 Å². The highest BCUT2D eigenvalue weighted by atomic mass is 14.9. The Morgan fingerprint density at radius 3 is 2.10 bits per heavy atom. The Kier molecular flexibility index (Phi) is 5.19. The summed E-state index contributed by atoms with van der Waals surface area (Å²) in [5.74, 6) is 0. The van der Waals surface area contributed by atoms with Crippen LogP contribution < -0.4 is 5.32 Å². The molecule has 1 unspecified atom stereocenters. The van der Waals surface area contributed by atoms with Crippen LogP contribution in [-0.4, -0.2) is 6.54 Å². The molecule has 0 amide bonds. The van der Waals surface area contributed by atoms with Gasteiger partial charge in [0.1, 0.15) is 0 Å². The van der Waals surface area contributed by atoms with Gasteiger partial charge in [-0.3, -0.25) is 0 Å². The second-order valence-electron chi connectivity index (χ2n) is 6.06. The van der Waals surface area contributed by atoms with Gasteiger partial charge in [0.2, 0.25) is 0 Å². The Morgan fingerprint density at radius 1 is 0.905 bits per heavy atom. The van der Waals surface area contributed by atoms with Gasteiger partial charge in [-0.1, -0.05) is 48.9 Å². The van der Waals surface area contributed by atoms with Crippen LogP contribution in [0.2, 0.25) is 0 Å². The molecule has 0 heterocycles. The maximum absolute atomic E-state index is 3.74. The van der Waals surface area contributed by atoms with E-state index in [1.807, 2.05) is 0 Å². The van der Waals surface area contributed by atoms with E-state index in [9.17, 15) is 0 Å². The molecule has 2 aromatic rings. The van der Waals surface area contributed by atoms with Gasteiger partial charge in [-0.2, -0.15) is 0 Å². The van der Waals surface area contributed by atoms with Crippen LogP contribution in [0.5, 0.6) is 0 Å². The Bertz CT molecular complexity index is 590. The molecule has 0 aliphatic rings. The quantitative estimate of drug-likeness (QED) is 0.812. The zero-order chi connectivity index (χ0) is 15.4. The van der Waals surface area contributed by atoms with Crippen molar-refractivity contribution in [2.45, 2.75) is 47.1 Å². The molecule has 0 saturated heterocycles. The Morgan fingerprint density at radius 2 is 1.52 bits per heavy atom. The molecule has 0 aromatic heterocycles. The minimum absolute atomic E-state index is 0.284. The molecule has 1 nitrogen and oxygen atoms in total. The molecular weight excluding hydrogens is 254 g/mol. The number of hydrogen-bond donors (Lipinski definition) is 1. The van der Waals surface area contributed by atoms with Crippen molar-refractivity contribution in [2.24, 2.45) is 0 Å². The van der Waals surface area contributed by atoms with Crippen molar-refractivity contribution in [1.82, 2.24) is 5.32 Å². The summed E-state index contributed by atoms with van der Waals surface area (Å²) in [6, 6.07) is 13.6. The lowest BCUT2D eigenvalue weighted by atomic mass is 9.88. The molecule has 0 aliphatic carbocycles. The van der Waals surface area contributed by atoms with Crippen LogP contribution in [0.15, 0.2) is 36.4 Å². The van der Waals surface area contributed by atoms with Crippen LogP contribution in [0.25, 0.3) is 0 Å². The highest BCUT2D eigenvalue weighted by molar-refractivity contribution is 5.45. The molecule has 1 atom stereocenters. The fourth-order valence-electron chi connectivity index (χ4n) is 3.21. The molecule has 0 radical (unpaired) electrons. The highest BCUT2D eigenvalue weighted by Crippen LogP contribution is 2.30. The summed E-state index contributed by atoms with van der Waals surface area (Å²) >= 11 is 0. The van der Waals surface area contributed by atoms with Crippen molar-refractivity contribution < 1.29 is 0 Å². The van der Waals surface area contributed by atoms with Crippen molar-refractivity contribution in [3.63, 3.8) is 0 Å². The average molecular weight is 281 g/mol. The number of nitrogens with one attached hydrogen (secondary N) is 1. The maximum atomic E-state index is 3.74. The zero-order valence-corrected chi connectivity index (χ0v) is 14.0. The minimum Gasteiger partial charge on any atom is -0.306 e. The van der Waals surface area contributed by atoms with E-state index in [-0.39, 0.29) is 6.04 Å². The molecule has 2 aromatic carbocycles. The van der Waals surface area contributed by atoms with Gasteiger partial charge in [-0.25, -0.2) is 0 Å². The highest BCUT2D eigenvalue weighted by Gasteiger charge is 2.19. The third kappa shape index (κ3) is 3.54. The number of aryl methyl sites for hydroxylation is 4. The molecular formula is C20H27N. The van der Waals surface area contributed by atoms with Gasteiger partial charge in [-0.15, -0.1) is 0 Å². The molecule has 0 saturated carbocycles. The van der Waals surface area contributed by atoms with Crippen LogP contribution in [0, 0.1) is 27.7 Å². The molecule has 0 fully saturated rings. The van der Waals surface area contributed by atoms with E-state index in [0.717, 1.165) is 13.0 Å². The summed E-state index contributed by atoms with van der Waals surface area (Å²) in [4.78, 5) is 0. The third-order valence-electron chi connectivity index (χ3n) is 4.12. The van der Waals surface area contributed by atoms with Gasteiger partial charge in [0.25, 0.3) is 0 Å². The second kappa shape index (κ2) is 6.91. The second-order valence-corrected chi connectivity index (χ2v) is 6.06. The van der Waals surface area contributed by atoms with Gasteiger partial charge >= 0.3 is 0 Å². The summed E-state index contributed by atoms with van der Waals surface area (Å²) in [6.07, 6.45) is 1.15. The van der Waals surface area contributed by atoms with Gasteiger partial charge in [0.15, 0.2) is 0 Å². The molecule has 112 valence electrons. The van der Waals surface area contributed by atoms with E-state index in [1.165, 1.54) is 33.4 Å². The van der Waals surface area contributed by atoms with Crippen LogP contribution in [0.1, 0.15) is 52.8 Å². The number of hydrogen-bond acceptors (Lipinski definition) is 1. The van der Waals surface area contributed by atoms with E-state index < -0.39 is 0 Å². The van der Waals surface area contributed by atoms with E-state index in [4.69, 9.17) is 0 Å². The predicted molar refractivity (Wildman–Crippen MR) is 92.0 cm³/mol. The Hall–Kier alpha value is -1.60. The van der Waals surface area contributed by atoms with E-state index in [2.05, 4.69) is 76.3 Å². The molecule has 2 rings (SSSR count). The van der Waals surface area contributed by atoms with Gasteiger partial charge in [0.05, 0.1) is 6.04 Å². The standard InChI is InChI=1S/C20H27N/c1-6-11-21-20(18-10-8-7-9-15(18)3)19-16(4)12-14(2)13-17(19)5/h7-10,12-13,20-21H,6,11H2,1-5H3. The van der Waals surface area contributed by atoms with Crippen molar-refractivity contribution >= 4 is 0 Å². The SMILES string of the molecule is CCCNC(c1ccccc1C)c1c(C)cc(C)cc1C. The van der Waals surface area contributed by atoms with Crippen molar-refractivity contribution in [3.05, 3.63) is 69.8 Å². The lowest BCUT2D eigenvalue weighted by molar-refractivity contribution is 0.591. The van der Waals surface area contributed by atoms with Gasteiger partial charge in [0, 0.05) is 0 Å². The van der Waals surface area contributed by atoms with Crippen LogP contribution in [-0.2, 0) is 0 Å². The lowest BCUT2D eigenvalue weighted by Crippen LogP contribution is -2.25. The smallest absolute Gasteiger partial charge is 0.0584 e. The van der Waals surface area contributed by atoms with Gasteiger partial charge in [-0.05, 0) is 68.5 Å². The summed E-state index contributed by atoms with van der Waals surface area (Å²) in [5, 5.41) is 3.74. The summed E-state index contributed by atoms with van der Waals surface area (Å²) < 4.78 is 0. The van der Waals surface area contributed by atoms with Crippen LogP contribution in [0.4, 0.5) is 0 Å². The van der Waals surface area contributed by atoms with E-state index >= 15 is 0 Å². The maximum Gasteiger partial charge on any atom is 0.0584 e. The fraction of sp³-hybridized carbons (Fsp3) is 0.400. The normalized spacial score (nSPS) is 12.4. The Balaban J connectivity index is 2.54. The van der Waals surface area contributed by atoms with Crippen molar-refractivity contribution in [3.8, 4) is 0 Å². The molecule has 1 heteroatoms. The molecule has 1 N–H and O–H groups in total. The third-order valence-corrected chi connectivity index (χ3v) is 4.12. The first kappa shape index (κ1) is 15.8. The molecule has 0 bridgehead atoms. The molecule has 0 spiro atoms. The summed E-state index contributed by atoms with van der Waals surface area (Å²) in [7, 11) is 0. The topological polar surface area (TPSA) is 12.0 Å². The first-order valence-electron chi connectivity index (χ1n) is 7.91. The Labute approximate surface area is 129 Å². The average Bonchev–Trinajstić information content (AvgIpc) is 2.42. The number of rotatable bonds is 5. The lowest BCUT2D eigenvalue weighted by Gasteiger charge is -2.25. The molecule has 21 heavy (non-hydrogen) atoms. The van der Waals surface area contributed by atoms with Crippen LogP contribution in [0.3, 0.4) is 0 Å². The fourth-order valence-corrected chi connectivity index (χ4v) is 3.21. The van der Waals surface area contributed by atoms with E-state index in [0.29, 0.717) is 0 Å². The summed E-state index contributed by atoms with van der Waals surface area (Å²) in [6.45, 7) is 12.1. The van der Waals surface area contributed by atoms with Crippen molar-refractivity contribution in [2.75, 3.05) is 6.54 Å². The monoisotopic (exact) mass is 281 g/mol. The zero-order valence-electron chi connectivity index (χ0n) is 14.0. The minimum atomic E-state index is 0.284. The van der Waals surface area contributed by atoms with E-state index in [1.54, 1.807) is 0 Å². The first-order valence-corrected chi connectivity index (χ1v) is 7.91. The molecule has 0 aliphatic heterocycles. The first-order chi connectivity index (χ1) is 10.0. The largest absolute Gasteiger partial charge is 0.306 e. The van der Waals surface area contributed by atoms with Crippen molar-refractivity contribution in [1.29, 1.82) is 0 Å².